The fourth-order valence-electron chi connectivity index (χ4n) is 10.8. The summed E-state index contributed by atoms with van der Waals surface area (Å²) in [6.07, 6.45) is 0. The molecule has 1 N–H and O–H groups in total. The van der Waals surface area contributed by atoms with Crippen molar-refractivity contribution in [2.45, 2.75) is 368 Å². The van der Waals surface area contributed by atoms with Gasteiger partial charge < -0.3 is 4.98 Å². The number of fused-ring (bicyclic) bond motifs is 1. The summed E-state index contributed by atoms with van der Waals surface area (Å²) in [6.45, 7) is 88.6. The van der Waals surface area contributed by atoms with E-state index in [0.29, 0.717) is 58.2 Å². The molecule has 0 spiro atoms. The molecule has 584 valence electrons. The number of nitrogens with zero attached hydrogens (tertiary/aromatic N) is 7. The molecule has 106 heavy (non-hydrogen) atoms. The summed E-state index contributed by atoms with van der Waals surface area (Å²) in [5.41, 5.74) is 21.6. The van der Waals surface area contributed by atoms with E-state index in [4.69, 9.17) is 15.0 Å². The number of aromatic nitrogens is 8. The maximum absolute atomic E-state index is 4.95. The third kappa shape index (κ3) is 30.0. The number of hydrogen-bond donors (Lipinski definition) is 1. The predicted molar refractivity (Wildman–Crippen MR) is 467 cm³/mol. The van der Waals surface area contributed by atoms with E-state index in [9.17, 15) is 0 Å². The van der Waals surface area contributed by atoms with Crippen LogP contribution in [0.15, 0.2) is 127 Å². The third-order valence-electron chi connectivity index (χ3n) is 18.2. The largest absolute Gasteiger partial charge is 0.361 e. The van der Waals surface area contributed by atoms with Gasteiger partial charge in [0.2, 0.25) is 0 Å². The number of thiophene rings is 1. The van der Waals surface area contributed by atoms with Crippen LogP contribution in [0, 0.1) is 0 Å². The number of benzene rings is 1. The van der Waals surface area contributed by atoms with E-state index in [1.165, 1.54) is 66.4 Å². The molecule has 0 saturated carbocycles. The van der Waals surface area contributed by atoms with Crippen molar-refractivity contribution >= 4 is 22.4 Å². The van der Waals surface area contributed by atoms with E-state index in [2.05, 4.69) is 417 Å². The lowest BCUT2D eigenvalue weighted by molar-refractivity contribution is 0.531. The molecule has 0 saturated heterocycles. The van der Waals surface area contributed by atoms with Gasteiger partial charge >= 0.3 is 0 Å². The Labute approximate surface area is 653 Å². The first-order chi connectivity index (χ1) is 48.2. The Morgan fingerprint density at radius 3 is 0.792 bits per heavy atom. The molecule has 0 amide bonds. The van der Waals surface area contributed by atoms with Crippen LogP contribution in [0.1, 0.15) is 414 Å². The first-order valence-electron chi connectivity index (χ1n) is 39.8. The van der Waals surface area contributed by atoms with Gasteiger partial charge in [0.15, 0.2) is 5.65 Å². The predicted octanol–water partition coefficient (Wildman–Crippen LogP) is 29.1. The Morgan fingerprint density at radius 2 is 0.547 bits per heavy atom. The number of aromatic amines is 1. The summed E-state index contributed by atoms with van der Waals surface area (Å²) in [5.74, 6) is 3.55. The normalized spacial score (nSPS) is 12.5. The Bertz CT molecular complexity index is 3700. The van der Waals surface area contributed by atoms with Gasteiger partial charge in [-0.25, -0.2) is 9.97 Å². The fourth-order valence-corrected chi connectivity index (χ4v) is 11.9. The highest BCUT2D eigenvalue weighted by Crippen LogP contribution is 2.37. The lowest BCUT2D eigenvalue weighted by Crippen LogP contribution is -2.19. The number of rotatable bonds is 9. The molecule has 0 aliphatic heterocycles. The van der Waals surface area contributed by atoms with Gasteiger partial charge in [-0.1, -0.05) is 319 Å². The van der Waals surface area contributed by atoms with Gasteiger partial charge in [-0.3, -0.25) is 24.9 Å². The van der Waals surface area contributed by atoms with Gasteiger partial charge in [0.05, 0.1) is 34.2 Å². The molecule has 0 atom stereocenters. The van der Waals surface area contributed by atoms with Crippen molar-refractivity contribution in [2.75, 3.05) is 0 Å². The minimum absolute atomic E-state index is 0.140. The maximum atomic E-state index is 4.95. The van der Waals surface area contributed by atoms with E-state index < -0.39 is 0 Å². The molecule has 0 bridgehead atoms. The van der Waals surface area contributed by atoms with Gasteiger partial charge in [0.1, 0.15) is 0 Å². The Balaban J connectivity index is 0.000000322. The summed E-state index contributed by atoms with van der Waals surface area (Å²) in [7, 11) is 0. The topological polar surface area (TPSA) is 106 Å². The van der Waals surface area contributed by atoms with Crippen molar-refractivity contribution in [2.24, 2.45) is 0 Å². The first kappa shape index (κ1) is 93.5. The van der Waals surface area contributed by atoms with E-state index in [1.807, 2.05) is 23.5 Å². The highest BCUT2D eigenvalue weighted by Gasteiger charge is 2.26. The summed E-state index contributed by atoms with van der Waals surface area (Å²) >= 11 is 1.95. The van der Waals surface area contributed by atoms with Crippen LogP contribution in [-0.2, 0) is 43.3 Å². The standard InChI is InChI=1S/C16H20N2.C16H28N2.C14H18N2.C14H22.C13H21N.C12H21N.C12H20S/c1-11(2)13-7-5-9-15(17-13)16-10-6-8-14(18-16)12(3)4;1-9(2)13-14(10(3)4)18-16(12(7)8)15(17-13)11(5)6;1-9(2)12-7-5-11-6-8-13(10(3)4)16-14(11)15-12;1-13(2,3)11-8-7-9-12(10-11)14(4,5)6;1-12(2,3)10-8-7-9-11(14-10)13(4,5)6;2*1-11(2,3)9-7-8-10(13-9)12(4,5)6/h5-12H,1-4H3;9-12H,1-8H3;5-10H,1-4H3;7-10H,1-6H3;7-9H,1-6H3;7-8,13H,1-6H3;7-8H,1-6H3. The van der Waals surface area contributed by atoms with Crippen LogP contribution in [0.5, 0.6) is 0 Å². The van der Waals surface area contributed by atoms with Crippen molar-refractivity contribution in [3.05, 3.63) is 217 Å². The molecule has 8 nitrogen and oxygen atoms in total. The zero-order valence-electron chi connectivity index (χ0n) is 74.8. The monoisotopic (exact) mass is 1460 g/mol. The Kier molecular flexibility index (Phi) is 34.0. The van der Waals surface area contributed by atoms with Crippen molar-refractivity contribution < 1.29 is 0 Å². The molecule has 0 radical (unpaired) electrons. The minimum Gasteiger partial charge on any atom is -0.361 e. The molecule has 0 unspecified atom stereocenters. The quantitative estimate of drug-likeness (QED) is 0.153. The van der Waals surface area contributed by atoms with E-state index in [-0.39, 0.29) is 32.5 Å². The molecule has 0 aliphatic carbocycles. The first-order valence-corrected chi connectivity index (χ1v) is 40.6. The SMILES string of the molecule is CC(C)(C)c1ccc(C(C)(C)C)[nH]1.CC(C)(C)c1ccc(C(C)(C)C)s1.CC(C)(C)c1cccc(C(C)(C)C)c1.CC(C)(C)c1cccc(C(C)(C)C)n1.CC(C)c1ccc2ccc(C(C)C)nc2n1.CC(C)c1cccc(-c2cccc(C(C)C)n2)n1.CC(C)c1nc(C(C)C)c(C(C)C)nc1C(C)C. The molecule has 1 aromatic carbocycles. The average molecular weight is 1460 g/mol. The smallest absolute Gasteiger partial charge is 0.159 e. The number of hydrogen-bond acceptors (Lipinski definition) is 8. The summed E-state index contributed by atoms with van der Waals surface area (Å²) in [4.78, 5) is 39.7. The van der Waals surface area contributed by atoms with Crippen LogP contribution in [-0.4, -0.2) is 39.9 Å². The van der Waals surface area contributed by atoms with Gasteiger partial charge in [0, 0.05) is 82.4 Å². The zero-order chi connectivity index (χ0) is 81.4. The lowest BCUT2D eigenvalue weighted by atomic mass is 9.81. The third-order valence-corrected chi connectivity index (χ3v) is 20.2. The van der Waals surface area contributed by atoms with Crippen LogP contribution in [0.2, 0.25) is 0 Å². The van der Waals surface area contributed by atoms with Gasteiger partial charge in [0.25, 0.3) is 0 Å². The van der Waals surface area contributed by atoms with Crippen molar-refractivity contribution in [3.63, 3.8) is 0 Å². The van der Waals surface area contributed by atoms with Gasteiger partial charge in [-0.15, -0.1) is 11.3 Å². The molecule has 0 aliphatic rings. The molecule has 8 aromatic heterocycles. The number of H-pyrrole nitrogens is 1. The van der Waals surface area contributed by atoms with Crippen LogP contribution in [0.25, 0.3) is 22.4 Å². The number of nitrogens with one attached hydrogen (secondary N) is 1. The summed E-state index contributed by atoms with van der Waals surface area (Å²) < 4.78 is 0. The van der Waals surface area contributed by atoms with Crippen LogP contribution >= 0.6 is 11.3 Å². The Hall–Kier alpha value is -6.71. The maximum Gasteiger partial charge on any atom is 0.159 e. The molecule has 0 fully saturated rings. The van der Waals surface area contributed by atoms with Gasteiger partial charge in [-0.2, -0.15) is 0 Å². The second kappa shape index (κ2) is 38.6. The van der Waals surface area contributed by atoms with E-state index in [0.717, 1.165) is 45.2 Å². The molecular weight excluding hydrogens is 1310 g/mol. The fraction of sp³-hybridized carbons (Fsp3) is 0.577. The second-order valence-corrected chi connectivity index (χ2v) is 40.9. The van der Waals surface area contributed by atoms with Crippen molar-refractivity contribution in [3.8, 4) is 11.4 Å². The molecular formula is C97H150N8S. The van der Waals surface area contributed by atoms with Crippen molar-refractivity contribution in [1.29, 1.82) is 0 Å². The molecule has 9 rings (SSSR count). The molecule has 8 heterocycles. The summed E-state index contributed by atoms with van der Waals surface area (Å²) in [5, 5.41) is 1.12. The van der Waals surface area contributed by atoms with Crippen LogP contribution in [0.4, 0.5) is 0 Å². The second-order valence-electron chi connectivity index (χ2n) is 39.9. The molecule has 9 aromatic rings. The average Bonchev–Trinajstić information content (AvgIpc) is 1.21. The van der Waals surface area contributed by atoms with E-state index in [1.54, 1.807) is 0 Å². The van der Waals surface area contributed by atoms with Crippen molar-refractivity contribution in [1.82, 2.24) is 39.9 Å². The van der Waals surface area contributed by atoms with Gasteiger partial charge in [-0.05, 0) is 165 Å². The highest BCUT2D eigenvalue weighted by molar-refractivity contribution is 7.12. The minimum atomic E-state index is 0.140. The Morgan fingerprint density at radius 1 is 0.255 bits per heavy atom. The summed E-state index contributed by atoms with van der Waals surface area (Å²) in [6, 6.07) is 44.9. The zero-order valence-corrected chi connectivity index (χ0v) is 75.6. The molecule has 9 heteroatoms. The van der Waals surface area contributed by atoms with E-state index >= 15 is 0 Å². The highest BCUT2D eigenvalue weighted by atomic mass is 32.1. The lowest BCUT2D eigenvalue weighted by Gasteiger charge is -2.24. The van der Waals surface area contributed by atoms with Crippen LogP contribution < -0.4 is 0 Å². The number of pyridine rings is 5. The van der Waals surface area contributed by atoms with Crippen LogP contribution in [0.3, 0.4) is 0 Å².